The molecule has 2 aromatic rings. The molecule has 0 aliphatic carbocycles. The van der Waals surface area contributed by atoms with Crippen LogP contribution in [0.4, 0.5) is 0 Å². The van der Waals surface area contributed by atoms with Crippen molar-refractivity contribution in [3.8, 4) is 11.1 Å². The molecule has 8 heteroatoms. The third kappa shape index (κ3) is 16.9. The van der Waals surface area contributed by atoms with Gasteiger partial charge in [-0.1, -0.05) is 145 Å². The zero-order chi connectivity index (χ0) is 42.9. The average Bonchev–Trinajstić information content (AvgIpc) is 3.25. The van der Waals surface area contributed by atoms with Gasteiger partial charge in [0.25, 0.3) is 0 Å². The molecule has 0 fully saturated rings. The van der Waals surface area contributed by atoms with Gasteiger partial charge in [-0.3, -0.25) is 4.79 Å². The lowest BCUT2D eigenvalue weighted by Gasteiger charge is -2.21. The van der Waals surface area contributed by atoms with E-state index in [1.807, 2.05) is 0 Å². The zero-order valence-corrected chi connectivity index (χ0v) is 37.8. The number of hydrogen-bond donors (Lipinski definition) is 0. The molecular formula is C50H78O8. The standard InChI is InChI=1S/C50H78O8/c1-10-18-22-37(14-5)32-55-47(51)36(9)45-30-41(48(52)56-33-38(15-6)23-19-11-2)26-28-43(45)44-29-27-42(49(53)57-34-39(16-7)24-20-12-3)31-46(44)50(54)58-35-40(17-8)25-21-13-4/h26-31,36-40H,10-25,32-35H2,1-9H3. The van der Waals surface area contributed by atoms with Crippen LogP contribution >= 0.6 is 0 Å². The van der Waals surface area contributed by atoms with Crippen LogP contribution in [0.5, 0.6) is 0 Å². The van der Waals surface area contributed by atoms with Gasteiger partial charge in [-0.15, -0.1) is 0 Å². The highest BCUT2D eigenvalue weighted by molar-refractivity contribution is 6.02. The molecule has 5 atom stereocenters. The van der Waals surface area contributed by atoms with Crippen molar-refractivity contribution in [2.75, 3.05) is 26.4 Å². The Morgan fingerprint density at radius 1 is 0.466 bits per heavy atom. The summed E-state index contributed by atoms with van der Waals surface area (Å²) in [5.41, 5.74) is 2.36. The summed E-state index contributed by atoms with van der Waals surface area (Å²) in [6.07, 6.45) is 16.0. The molecule has 0 aliphatic rings. The monoisotopic (exact) mass is 807 g/mol. The first-order valence-electron chi connectivity index (χ1n) is 23.0. The minimum atomic E-state index is -0.777. The van der Waals surface area contributed by atoms with E-state index in [0.29, 0.717) is 42.1 Å². The second-order valence-corrected chi connectivity index (χ2v) is 16.4. The van der Waals surface area contributed by atoms with E-state index in [4.69, 9.17) is 18.9 Å². The minimum Gasteiger partial charge on any atom is -0.465 e. The number of carbonyl (C=O) groups excluding carboxylic acids is 4. The van der Waals surface area contributed by atoms with E-state index < -0.39 is 29.8 Å². The smallest absolute Gasteiger partial charge is 0.338 e. The normalized spacial score (nSPS) is 13.9. The Balaban J connectivity index is 2.66. The summed E-state index contributed by atoms with van der Waals surface area (Å²) in [4.78, 5) is 55.0. The molecule has 0 radical (unpaired) electrons. The van der Waals surface area contributed by atoms with Gasteiger partial charge in [0, 0.05) is 0 Å². The average molecular weight is 807 g/mol. The molecule has 0 N–H and O–H groups in total. The highest BCUT2D eigenvalue weighted by Gasteiger charge is 2.28. The molecule has 5 unspecified atom stereocenters. The Hall–Kier alpha value is -3.68. The van der Waals surface area contributed by atoms with Crippen molar-refractivity contribution in [2.24, 2.45) is 23.7 Å². The topological polar surface area (TPSA) is 105 Å². The van der Waals surface area contributed by atoms with Crippen LogP contribution in [0.1, 0.15) is 208 Å². The van der Waals surface area contributed by atoms with E-state index in [2.05, 4.69) is 55.4 Å². The molecule has 8 nitrogen and oxygen atoms in total. The Morgan fingerprint density at radius 3 is 1.22 bits per heavy atom. The van der Waals surface area contributed by atoms with Crippen molar-refractivity contribution in [3.05, 3.63) is 58.7 Å². The van der Waals surface area contributed by atoms with E-state index in [-0.39, 0.29) is 41.4 Å². The Kier molecular flexibility index (Phi) is 25.0. The quantitative estimate of drug-likeness (QED) is 0.0567. The molecule has 0 saturated heterocycles. The van der Waals surface area contributed by atoms with Crippen LogP contribution in [0, 0.1) is 23.7 Å². The number of benzene rings is 2. The first-order chi connectivity index (χ1) is 28.0. The van der Waals surface area contributed by atoms with Gasteiger partial charge < -0.3 is 18.9 Å². The summed E-state index contributed by atoms with van der Waals surface area (Å²) < 4.78 is 23.6. The van der Waals surface area contributed by atoms with Crippen molar-refractivity contribution < 1.29 is 38.1 Å². The van der Waals surface area contributed by atoms with Crippen molar-refractivity contribution in [1.82, 2.24) is 0 Å². The van der Waals surface area contributed by atoms with Crippen LogP contribution in [0.25, 0.3) is 11.1 Å². The maximum Gasteiger partial charge on any atom is 0.338 e. The lowest BCUT2D eigenvalue weighted by molar-refractivity contribution is -0.146. The molecule has 2 rings (SSSR count). The molecule has 0 spiro atoms. The van der Waals surface area contributed by atoms with Gasteiger partial charge in [-0.25, -0.2) is 14.4 Å². The fraction of sp³-hybridized carbons (Fsp3) is 0.680. The highest BCUT2D eigenvalue weighted by atomic mass is 16.5. The Bertz CT molecular complexity index is 1510. The minimum absolute atomic E-state index is 0.197. The fourth-order valence-electron chi connectivity index (χ4n) is 7.24. The molecule has 0 saturated carbocycles. The van der Waals surface area contributed by atoms with Gasteiger partial charge in [0.1, 0.15) is 0 Å². The van der Waals surface area contributed by atoms with Gasteiger partial charge in [0.2, 0.25) is 0 Å². The van der Waals surface area contributed by atoms with Crippen LogP contribution < -0.4 is 0 Å². The summed E-state index contributed by atoms with van der Waals surface area (Å²) in [6, 6.07) is 10.1. The molecule has 326 valence electrons. The predicted octanol–water partition coefficient (Wildman–Crippen LogP) is 13.3. The van der Waals surface area contributed by atoms with Crippen molar-refractivity contribution >= 4 is 23.9 Å². The van der Waals surface area contributed by atoms with Gasteiger partial charge in [-0.05, 0) is 97.2 Å². The molecule has 2 aromatic carbocycles. The fourth-order valence-corrected chi connectivity index (χ4v) is 7.24. The molecule has 0 heterocycles. The molecule has 0 aliphatic heterocycles. The van der Waals surface area contributed by atoms with Crippen LogP contribution in [0.3, 0.4) is 0 Å². The summed E-state index contributed by atoms with van der Waals surface area (Å²) in [5.74, 6) is -1.71. The first kappa shape index (κ1) is 50.5. The number of rotatable bonds is 30. The lowest BCUT2D eigenvalue weighted by Crippen LogP contribution is -2.20. The highest BCUT2D eigenvalue weighted by Crippen LogP contribution is 2.35. The van der Waals surface area contributed by atoms with E-state index in [1.54, 1.807) is 43.3 Å². The van der Waals surface area contributed by atoms with E-state index >= 15 is 0 Å². The summed E-state index contributed by atoms with van der Waals surface area (Å²) >= 11 is 0. The van der Waals surface area contributed by atoms with E-state index in [0.717, 1.165) is 103 Å². The number of unbranched alkanes of at least 4 members (excludes halogenated alkanes) is 4. The van der Waals surface area contributed by atoms with Crippen LogP contribution in [0.2, 0.25) is 0 Å². The number of ether oxygens (including phenoxy) is 4. The van der Waals surface area contributed by atoms with Gasteiger partial charge >= 0.3 is 23.9 Å². The van der Waals surface area contributed by atoms with Gasteiger partial charge in [0.15, 0.2) is 0 Å². The molecule has 0 bridgehead atoms. The maximum absolute atomic E-state index is 14.1. The molecule has 58 heavy (non-hydrogen) atoms. The van der Waals surface area contributed by atoms with Crippen molar-refractivity contribution in [1.29, 1.82) is 0 Å². The SMILES string of the molecule is CCCCC(CC)COC(=O)c1ccc(-c2ccc(C(=O)OCC(CC)CCCC)cc2C(C)C(=O)OCC(CC)CCCC)c(C(=O)OCC(CC)CCCC)c1. The second kappa shape index (κ2) is 28.7. The van der Waals surface area contributed by atoms with Gasteiger partial charge in [0.05, 0.1) is 49.0 Å². The number of esters is 4. The zero-order valence-electron chi connectivity index (χ0n) is 37.8. The number of carbonyl (C=O) groups is 4. The summed E-state index contributed by atoms with van der Waals surface area (Å²) in [5, 5.41) is 0. The molecular weight excluding hydrogens is 729 g/mol. The lowest BCUT2D eigenvalue weighted by atomic mass is 9.87. The Morgan fingerprint density at radius 2 is 0.828 bits per heavy atom. The summed E-state index contributed by atoms with van der Waals surface area (Å²) in [6.45, 7) is 20.0. The third-order valence-corrected chi connectivity index (χ3v) is 11.9. The first-order valence-corrected chi connectivity index (χ1v) is 23.0. The third-order valence-electron chi connectivity index (χ3n) is 11.9. The van der Waals surface area contributed by atoms with Crippen molar-refractivity contribution in [2.45, 2.75) is 171 Å². The molecule has 0 amide bonds. The second-order valence-electron chi connectivity index (χ2n) is 16.4. The van der Waals surface area contributed by atoms with E-state index in [1.165, 1.54) is 0 Å². The number of hydrogen-bond acceptors (Lipinski definition) is 8. The van der Waals surface area contributed by atoms with E-state index in [9.17, 15) is 19.2 Å². The Labute approximate surface area is 351 Å². The van der Waals surface area contributed by atoms with Crippen LogP contribution in [0.15, 0.2) is 36.4 Å². The van der Waals surface area contributed by atoms with Crippen molar-refractivity contribution in [3.63, 3.8) is 0 Å². The predicted molar refractivity (Wildman–Crippen MR) is 235 cm³/mol. The largest absolute Gasteiger partial charge is 0.465 e. The maximum atomic E-state index is 14.1. The van der Waals surface area contributed by atoms with Crippen LogP contribution in [-0.2, 0) is 23.7 Å². The van der Waals surface area contributed by atoms with Gasteiger partial charge in [-0.2, -0.15) is 0 Å². The summed E-state index contributed by atoms with van der Waals surface area (Å²) in [7, 11) is 0. The van der Waals surface area contributed by atoms with Crippen LogP contribution in [-0.4, -0.2) is 50.3 Å². The molecule has 0 aromatic heterocycles.